The van der Waals surface area contributed by atoms with Crippen molar-refractivity contribution in [2.75, 3.05) is 13.1 Å². The molecule has 5 aromatic rings. The predicted molar refractivity (Wildman–Crippen MR) is 152 cm³/mol. The molecular weight excluding hydrogens is 532 g/mol. The number of hydrogen-bond acceptors (Lipinski definition) is 2. The highest BCUT2D eigenvalue weighted by Crippen LogP contribution is 2.49. The molecule has 192 valence electrons. The molecule has 5 atom stereocenters. The van der Waals surface area contributed by atoms with Crippen LogP contribution in [0.5, 0.6) is 0 Å². The van der Waals surface area contributed by atoms with Crippen molar-refractivity contribution in [2.24, 2.45) is 11.8 Å². The van der Waals surface area contributed by atoms with Crippen molar-refractivity contribution in [1.29, 1.82) is 0 Å². The number of rotatable bonds is 5. The Labute approximate surface area is 234 Å². The molecule has 3 fully saturated rings. The first kappa shape index (κ1) is 25.2. The maximum absolute atomic E-state index is 12.1. The summed E-state index contributed by atoms with van der Waals surface area (Å²) in [6, 6.07) is 30.3. The highest BCUT2D eigenvalue weighted by Gasteiger charge is 2.54. The number of para-hydroxylation sites is 1. The largest absolute Gasteiger partial charge is 1.00 e. The minimum Gasteiger partial charge on any atom is -1.00 e. The lowest BCUT2D eigenvalue weighted by molar-refractivity contribution is -0.984. The van der Waals surface area contributed by atoms with Gasteiger partial charge in [-0.1, -0.05) is 72.8 Å². The van der Waals surface area contributed by atoms with Crippen molar-refractivity contribution in [3.63, 3.8) is 0 Å². The van der Waals surface area contributed by atoms with Crippen LogP contribution in [0.15, 0.2) is 104 Å². The second kappa shape index (κ2) is 9.92. The zero-order valence-corrected chi connectivity index (χ0v) is 23.1. The summed E-state index contributed by atoms with van der Waals surface area (Å²) < 4.78 is 0.906. The smallest absolute Gasteiger partial charge is 0.131 e. The number of nitrogens with zero attached hydrogens (tertiary/aromatic N) is 2. The van der Waals surface area contributed by atoms with Crippen LogP contribution >= 0.6 is 0 Å². The summed E-state index contributed by atoms with van der Waals surface area (Å²) in [6.45, 7) is 7.28. The Hall–Kier alpha value is -3.05. The highest BCUT2D eigenvalue weighted by atomic mass is 79.9. The van der Waals surface area contributed by atoms with E-state index < -0.39 is 6.10 Å². The summed E-state index contributed by atoms with van der Waals surface area (Å²) in [5, 5.41) is 18.4. The van der Waals surface area contributed by atoms with Crippen LogP contribution in [-0.2, 0) is 6.54 Å². The van der Waals surface area contributed by atoms with Crippen molar-refractivity contribution in [3.05, 3.63) is 115 Å². The van der Waals surface area contributed by atoms with Gasteiger partial charge in [-0.05, 0) is 51.2 Å². The van der Waals surface area contributed by atoms with Crippen LogP contribution in [0.2, 0.25) is 0 Å². The second-order valence-corrected chi connectivity index (χ2v) is 11.2. The van der Waals surface area contributed by atoms with Gasteiger partial charge in [-0.25, -0.2) is 0 Å². The standard InChI is InChI=1S/C34H33N2O.BrH/c1-2-23-21-36(22-31-27-11-5-3-9-25(27)19-26-10-4-6-12-28(26)31)18-16-24(23)20-33(36)34(37)30-15-17-35-32-14-8-7-13-29(30)32;/h2-15,17,19,23-24,33-34,37H,1,16,18,20-22H2;1H/q+1;/p-1/t23-,24-,33-,34+,36-;/m0./s1. The van der Waals surface area contributed by atoms with Crippen molar-refractivity contribution < 1.29 is 26.6 Å². The fourth-order valence-electron chi connectivity index (χ4n) is 7.56. The molecule has 4 aromatic carbocycles. The molecule has 3 aliphatic heterocycles. The molecule has 0 radical (unpaired) electrons. The second-order valence-electron chi connectivity index (χ2n) is 11.2. The Morgan fingerprint density at radius 1 is 0.921 bits per heavy atom. The molecular formula is C34H33BrN2O. The molecule has 0 unspecified atom stereocenters. The fraction of sp³-hybridized carbons (Fsp3) is 0.265. The van der Waals surface area contributed by atoms with Crippen molar-refractivity contribution in [1.82, 2.24) is 4.98 Å². The molecule has 0 amide bonds. The Morgan fingerprint density at radius 2 is 1.58 bits per heavy atom. The molecule has 8 rings (SSSR count). The molecule has 0 aliphatic carbocycles. The van der Waals surface area contributed by atoms with Gasteiger partial charge < -0.3 is 26.6 Å². The Kier molecular flexibility index (Phi) is 6.59. The van der Waals surface area contributed by atoms with Crippen LogP contribution in [0, 0.1) is 11.8 Å². The van der Waals surface area contributed by atoms with E-state index in [0.717, 1.165) is 47.0 Å². The minimum absolute atomic E-state index is 0. The predicted octanol–water partition coefficient (Wildman–Crippen LogP) is 4.19. The summed E-state index contributed by atoms with van der Waals surface area (Å²) >= 11 is 0. The summed E-state index contributed by atoms with van der Waals surface area (Å²) in [6.07, 6.45) is 5.72. The number of quaternary nitrogens is 1. The Balaban J connectivity index is 0.00000264. The van der Waals surface area contributed by atoms with E-state index >= 15 is 0 Å². The van der Waals surface area contributed by atoms with Gasteiger partial charge in [0.25, 0.3) is 0 Å². The molecule has 0 saturated carbocycles. The topological polar surface area (TPSA) is 33.1 Å². The molecule has 4 heteroatoms. The lowest BCUT2D eigenvalue weighted by Crippen LogP contribution is -3.00. The zero-order valence-electron chi connectivity index (χ0n) is 21.5. The quantitative estimate of drug-likeness (QED) is 0.197. The van der Waals surface area contributed by atoms with Crippen LogP contribution in [0.3, 0.4) is 0 Å². The number of benzene rings is 4. The molecule has 3 nitrogen and oxygen atoms in total. The zero-order chi connectivity index (χ0) is 25.0. The fourth-order valence-corrected chi connectivity index (χ4v) is 7.56. The number of hydrogen-bond donors (Lipinski definition) is 1. The van der Waals surface area contributed by atoms with Crippen LogP contribution in [0.1, 0.15) is 30.1 Å². The molecule has 1 aromatic heterocycles. The third kappa shape index (κ3) is 3.98. The number of aromatic nitrogens is 1. The van der Waals surface area contributed by atoms with Gasteiger partial charge in [0.2, 0.25) is 0 Å². The Morgan fingerprint density at radius 3 is 2.29 bits per heavy atom. The van der Waals surface area contributed by atoms with E-state index in [1.807, 2.05) is 30.5 Å². The summed E-state index contributed by atoms with van der Waals surface area (Å²) in [7, 11) is 0. The van der Waals surface area contributed by atoms with E-state index in [1.54, 1.807) is 0 Å². The highest BCUT2D eigenvalue weighted by molar-refractivity contribution is 6.02. The maximum atomic E-state index is 12.1. The number of aliphatic hydroxyl groups excluding tert-OH is 1. The SMILES string of the molecule is C=C[C@H]1C[N@+]2(Cc3c4ccccc4cc4ccccc34)CC[C@H]1C[C@H]2[C@H](O)c1ccnc2ccccc12.[Br-]. The molecule has 3 aliphatic rings. The summed E-state index contributed by atoms with van der Waals surface area (Å²) in [5.74, 6) is 1.09. The van der Waals surface area contributed by atoms with Gasteiger partial charge in [-0.3, -0.25) is 4.98 Å². The third-order valence-electron chi connectivity index (χ3n) is 9.40. The van der Waals surface area contributed by atoms with E-state index in [9.17, 15) is 5.11 Å². The molecule has 0 spiro atoms. The first-order valence-corrected chi connectivity index (χ1v) is 13.6. The van der Waals surface area contributed by atoms with E-state index in [1.165, 1.54) is 33.5 Å². The van der Waals surface area contributed by atoms with E-state index in [2.05, 4.69) is 78.3 Å². The maximum Gasteiger partial charge on any atom is 0.131 e. The van der Waals surface area contributed by atoms with Crippen LogP contribution in [0.25, 0.3) is 32.4 Å². The minimum atomic E-state index is -0.539. The van der Waals surface area contributed by atoms with Gasteiger partial charge in [0.15, 0.2) is 0 Å². The lowest BCUT2D eigenvalue weighted by Gasteiger charge is -2.58. The monoisotopic (exact) mass is 564 g/mol. The van der Waals surface area contributed by atoms with Crippen LogP contribution in [-0.4, -0.2) is 33.7 Å². The van der Waals surface area contributed by atoms with Gasteiger partial charge in [0.05, 0.1) is 18.6 Å². The molecule has 38 heavy (non-hydrogen) atoms. The van der Waals surface area contributed by atoms with Gasteiger partial charge in [-0.2, -0.15) is 0 Å². The van der Waals surface area contributed by atoms with Crippen molar-refractivity contribution in [3.8, 4) is 0 Å². The Bertz CT molecular complexity index is 1590. The normalized spacial score (nSPS) is 25.3. The summed E-state index contributed by atoms with van der Waals surface area (Å²) in [4.78, 5) is 4.57. The first-order valence-electron chi connectivity index (χ1n) is 13.6. The molecule has 2 bridgehead atoms. The van der Waals surface area contributed by atoms with Crippen LogP contribution < -0.4 is 17.0 Å². The number of piperidine rings is 3. The van der Waals surface area contributed by atoms with E-state index in [-0.39, 0.29) is 23.0 Å². The summed E-state index contributed by atoms with van der Waals surface area (Å²) in [5.41, 5.74) is 3.37. The first-order chi connectivity index (χ1) is 18.2. The van der Waals surface area contributed by atoms with Gasteiger partial charge in [0.1, 0.15) is 18.7 Å². The van der Waals surface area contributed by atoms with E-state index in [4.69, 9.17) is 0 Å². The van der Waals surface area contributed by atoms with Crippen molar-refractivity contribution in [2.45, 2.75) is 31.5 Å². The van der Waals surface area contributed by atoms with Gasteiger partial charge in [-0.15, -0.1) is 6.58 Å². The van der Waals surface area contributed by atoms with E-state index in [0.29, 0.717) is 11.8 Å². The number of aliphatic hydroxyl groups is 1. The molecule has 4 heterocycles. The molecule has 1 N–H and O–H groups in total. The molecule has 3 saturated heterocycles. The number of halogens is 1. The average Bonchev–Trinajstić information content (AvgIpc) is 2.96. The van der Waals surface area contributed by atoms with Crippen molar-refractivity contribution >= 4 is 32.4 Å². The van der Waals surface area contributed by atoms with Gasteiger partial charge >= 0.3 is 0 Å². The van der Waals surface area contributed by atoms with Crippen LogP contribution in [0.4, 0.5) is 0 Å². The number of pyridine rings is 1. The van der Waals surface area contributed by atoms with Gasteiger partial charge in [0, 0.05) is 35.9 Å². The number of fused-ring (bicyclic) bond motifs is 6. The average molecular weight is 566 g/mol. The third-order valence-corrected chi connectivity index (χ3v) is 9.40. The lowest BCUT2D eigenvalue weighted by atomic mass is 9.71.